The van der Waals surface area contributed by atoms with E-state index in [2.05, 4.69) is 146 Å². The largest absolute Gasteiger partial charge is 0.247 e. The summed E-state index contributed by atoms with van der Waals surface area (Å²) in [6.45, 7) is 0. The van der Waals surface area contributed by atoms with Gasteiger partial charge in [0.05, 0.1) is 22.6 Å². The molecule has 0 saturated heterocycles. The van der Waals surface area contributed by atoms with Crippen LogP contribution in [-0.4, -0.2) is 15.0 Å². The molecule has 0 aliphatic carbocycles. The Morgan fingerprint density at radius 3 is 1.34 bits per heavy atom. The van der Waals surface area contributed by atoms with E-state index in [1.54, 1.807) is 0 Å². The molecule has 0 fully saturated rings. The molecule has 7 aromatic carbocycles. The smallest absolute Gasteiger partial charge is 0.160 e. The summed E-state index contributed by atoms with van der Waals surface area (Å²) < 4.78 is 0. The highest BCUT2D eigenvalue weighted by Gasteiger charge is 2.18. The van der Waals surface area contributed by atoms with Gasteiger partial charge in [-0.15, -0.1) is 0 Å². The van der Waals surface area contributed by atoms with Crippen molar-refractivity contribution in [3.8, 4) is 67.4 Å². The lowest BCUT2D eigenvalue weighted by Crippen LogP contribution is -1.96. The number of benzene rings is 7. The fourth-order valence-electron chi connectivity index (χ4n) is 6.80. The molecule has 0 N–H and O–H groups in total. The van der Waals surface area contributed by atoms with Crippen molar-refractivity contribution < 1.29 is 0 Å². The van der Waals surface area contributed by atoms with Crippen LogP contribution in [0.5, 0.6) is 0 Å². The van der Waals surface area contributed by atoms with E-state index in [0.29, 0.717) is 5.82 Å². The van der Waals surface area contributed by atoms with Gasteiger partial charge in [-0.1, -0.05) is 170 Å². The van der Waals surface area contributed by atoms with Crippen molar-refractivity contribution in [2.24, 2.45) is 0 Å². The maximum Gasteiger partial charge on any atom is 0.160 e. The average Bonchev–Trinajstić information content (AvgIpc) is 3.21. The molecule has 0 atom stereocenters. The first-order chi connectivity index (χ1) is 24.8. The Hall–Kier alpha value is -6.71. The fourth-order valence-corrected chi connectivity index (χ4v) is 6.80. The van der Waals surface area contributed by atoms with Crippen molar-refractivity contribution in [1.82, 2.24) is 15.0 Å². The molecule has 0 unspecified atom stereocenters. The van der Waals surface area contributed by atoms with Crippen LogP contribution in [-0.2, 0) is 0 Å². The molecule has 0 aliphatic rings. The van der Waals surface area contributed by atoms with Gasteiger partial charge in [-0.3, -0.25) is 0 Å². The van der Waals surface area contributed by atoms with E-state index in [4.69, 9.17) is 15.0 Å². The number of fused-ring (bicyclic) bond motifs is 3. The molecule has 0 saturated carbocycles. The lowest BCUT2D eigenvalue weighted by molar-refractivity contribution is 1.18. The van der Waals surface area contributed by atoms with Gasteiger partial charge in [-0.2, -0.15) is 0 Å². The maximum atomic E-state index is 5.41. The van der Waals surface area contributed by atoms with Crippen molar-refractivity contribution in [2.45, 2.75) is 0 Å². The molecular weight excluding hydrogens is 607 g/mol. The molecule has 9 aromatic rings. The second-order valence-corrected chi connectivity index (χ2v) is 12.4. The number of pyridine rings is 1. The van der Waals surface area contributed by atoms with Crippen LogP contribution in [0.4, 0.5) is 0 Å². The fraction of sp³-hybridized carbons (Fsp3) is 0. The molecule has 0 bridgehead atoms. The van der Waals surface area contributed by atoms with Crippen LogP contribution in [0.2, 0.25) is 0 Å². The van der Waals surface area contributed by atoms with E-state index >= 15 is 0 Å². The molecule has 0 amide bonds. The predicted molar refractivity (Wildman–Crippen MR) is 207 cm³/mol. The molecule has 2 aromatic heterocycles. The van der Waals surface area contributed by atoms with E-state index in [1.165, 1.54) is 21.9 Å². The quantitative estimate of drug-likeness (QED) is 0.170. The molecule has 0 radical (unpaired) electrons. The monoisotopic (exact) mass is 637 g/mol. The summed E-state index contributed by atoms with van der Waals surface area (Å²) in [6.07, 6.45) is 0. The summed E-state index contributed by atoms with van der Waals surface area (Å²) in [6, 6.07) is 65.6. The Morgan fingerprint density at radius 2 is 0.740 bits per heavy atom. The minimum absolute atomic E-state index is 0.706. The molecule has 9 rings (SSSR count). The van der Waals surface area contributed by atoms with Gasteiger partial charge in [0.1, 0.15) is 0 Å². The van der Waals surface area contributed by atoms with Crippen molar-refractivity contribution in [3.05, 3.63) is 188 Å². The van der Waals surface area contributed by atoms with E-state index in [9.17, 15) is 0 Å². The highest BCUT2D eigenvalue weighted by Crippen LogP contribution is 2.41. The molecule has 0 aliphatic heterocycles. The third-order valence-electron chi connectivity index (χ3n) is 9.28. The number of hydrogen-bond donors (Lipinski definition) is 0. The standard InChI is InChI=1S/C47H31N3/c1-5-15-32(16-6-1)40-30-42(34-17-7-2-8-18-34)48-46-41(29-38-23-13-14-24-39(38)45(40)46)33-25-27-36(28-26-33)44-31-43(35-19-9-3-10-20-35)49-47(50-44)37-21-11-4-12-22-37/h1-31H. The van der Waals surface area contributed by atoms with Crippen molar-refractivity contribution in [1.29, 1.82) is 0 Å². The number of nitrogens with zero attached hydrogens (tertiary/aromatic N) is 3. The Balaban J connectivity index is 1.24. The van der Waals surface area contributed by atoms with Gasteiger partial charge in [-0.05, 0) is 45.7 Å². The third kappa shape index (κ3) is 5.51. The highest BCUT2D eigenvalue weighted by molar-refractivity contribution is 6.18. The normalized spacial score (nSPS) is 11.2. The SMILES string of the molecule is c1ccc(-c2cc(-c3ccc(-c4cc5ccccc5c5c(-c6ccccc6)cc(-c6ccccc6)nc45)cc3)nc(-c3ccccc3)n2)cc1. The van der Waals surface area contributed by atoms with Crippen LogP contribution in [0, 0.1) is 0 Å². The highest BCUT2D eigenvalue weighted by atomic mass is 14.9. The van der Waals surface area contributed by atoms with E-state index in [0.717, 1.165) is 61.4 Å². The number of aromatic nitrogens is 3. The molecule has 50 heavy (non-hydrogen) atoms. The van der Waals surface area contributed by atoms with Crippen LogP contribution in [0.25, 0.3) is 89.1 Å². The minimum atomic E-state index is 0.706. The van der Waals surface area contributed by atoms with Crippen LogP contribution >= 0.6 is 0 Å². The third-order valence-corrected chi connectivity index (χ3v) is 9.28. The lowest BCUT2D eigenvalue weighted by Gasteiger charge is -2.17. The van der Waals surface area contributed by atoms with E-state index in [1.807, 2.05) is 42.5 Å². The predicted octanol–water partition coefficient (Wildman–Crippen LogP) is 12.2. The van der Waals surface area contributed by atoms with Crippen LogP contribution < -0.4 is 0 Å². The summed E-state index contributed by atoms with van der Waals surface area (Å²) in [4.78, 5) is 15.4. The maximum absolute atomic E-state index is 5.41. The summed E-state index contributed by atoms with van der Waals surface area (Å²) in [7, 11) is 0. The Labute approximate surface area is 291 Å². The lowest BCUT2D eigenvalue weighted by atomic mass is 9.90. The van der Waals surface area contributed by atoms with E-state index in [-0.39, 0.29) is 0 Å². The average molecular weight is 638 g/mol. The van der Waals surface area contributed by atoms with Crippen LogP contribution in [0.1, 0.15) is 0 Å². The van der Waals surface area contributed by atoms with Gasteiger partial charge < -0.3 is 0 Å². The Kier molecular flexibility index (Phi) is 7.49. The molecule has 3 heteroatoms. The first-order valence-corrected chi connectivity index (χ1v) is 16.9. The van der Waals surface area contributed by atoms with Gasteiger partial charge in [0, 0.05) is 33.2 Å². The summed E-state index contributed by atoms with van der Waals surface area (Å²) >= 11 is 0. The summed E-state index contributed by atoms with van der Waals surface area (Å²) in [5.41, 5.74) is 12.4. The Morgan fingerprint density at radius 1 is 0.300 bits per heavy atom. The topological polar surface area (TPSA) is 38.7 Å². The zero-order chi connectivity index (χ0) is 33.3. The number of rotatable bonds is 6. The first-order valence-electron chi connectivity index (χ1n) is 16.9. The van der Waals surface area contributed by atoms with Crippen molar-refractivity contribution >= 4 is 21.7 Å². The van der Waals surface area contributed by atoms with Gasteiger partial charge in [0.15, 0.2) is 5.82 Å². The van der Waals surface area contributed by atoms with Gasteiger partial charge >= 0.3 is 0 Å². The van der Waals surface area contributed by atoms with Crippen LogP contribution in [0.15, 0.2) is 188 Å². The summed E-state index contributed by atoms with van der Waals surface area (Å²) in [5, 5.41) is 3.53. The molecular formula is C47H31N3. The zero-order valence-corrected chi connectivity index (χ0v) is 27.2. The first kappa shape index (κ1) is 29.4. The molecule has 2 heterocycles. The summed E-state index contributed by atoms with van der Waals surface area (Å²) in [5.74, 6) is 0.706. The van der Waals surface area contributed by atoms with Gasteiger partial charge in [-0.25, -0.2) is 15.0 Å². The zero-order valence-electron chi connectivity index (χ0n) is 27.2. The van der Waals surface area contributed by atoms with Gasteiger partial charge in [0.25, 0.3) is 0 Å². The van der Waals surface area contributed by atoms with Crippen LogP contribution in [0.3, 0.4) is 0 Å². The number of hydrogen-bond acceptors (Lipinski definition) is 3. The minimum Gasteiger partial charge on any atom is -0.247 e. The van der Waals surface area contributed by atoms with E-state index < -0.39 is 0 Å². The molecule has 234 valence electrons. The molecule has 3 nitrogen and oxygen atoms in total. The molecule has 0 spiro atoms. The van der Waals surface area contributed by atoms with Gasteiger partial charge in [0.2, 0.25) is 0 Å². The van der Waals surface area contributed by atoms with Crippen molar-refractivity contribution in [2.75, 3.05) is 0 Å². The second-order valence-electron chi connectivity index (χ2n) is 12.4. The van der Waals surface area contributed by atoms with Crippen molar-refractivity contribution in [3.63, 3.8) is 0 Å². The second kappa shape index (κ2) is 12.7. The Bertz CT molecular complexity index is 2540.